The molecule has 3 nitrogen and oxygen atoms in total. The van der Waals surface area contributed by atoms with Crippen molar-refractivity contribution in [1.29, 1.82) is 0 Å². The molecule has 0 radical (unpaired) electrons. The first-order valence-corrected chi connectivity index (χ1v) is 8.25. The lowest BCUT2D eigenvalue weighted by Crippen LogP contribution is -2.41. The van der Waals surface area contributed by atoms with Crippen LogP contribution in [-0.4, -0.2) is 49.1 Å². The summed E-state index contributed by atoms with van der Waals surface area (Å²) < 4.78 is 0. The Morgan fingerprint density at radius 1 is 1.14 bits per heavy atom. The lowest BCUT2D eigenvalue weighted by Gasteiger charge is -2.30. The number of nitrogens with zero attached hydrogens (tertiary/aromatic N) is 2. The molecule has 0 aliphatic carbocycles. The minimum Gasteiger partial charge on any atom is -0.323 e. The molecule has 1 aromatic carbocycles. The van der Waals surface area contributed by atoms with E-state index in [-0.39, 0.29) is 6.04 Å². The zero-order chi connectivity index (χ0) is 15.4. The van der Waals surface area contributed by atoms with Gasteiger partial charge in [0, 0.05) is 25.2 Å². The summed E-state index contributed by atoms with van der Waals surface area (Å²) in [7, 11) is 2.21. The molecule has 0 spiro atoms. The lowest BCUT2D eigenvalue weighted by atomic mass is 9.99. The van der Waals surface area contributed by atoms with Gasteiger partial charge in [0.15, 0.2) is 0 Å². The van der Waals surface area contributed by atoms with Crippen molar-refractivity contribution in [2.75, 3.05) is 33.2 Å². The standard InChI is InChI=1S/C18H31N3/c1-14(2)16-6-8-17(9-7-16)18(19)13-21-11-5-10-20(4)12-15(21)3/h6-9,14-15,18H,5,10-13,19H2,1-4H3. The Labute approximate surface area is 130 Å². The highest BCUT2D eigenvalue weighted by molar-refractivity contribution is 5.26. The third kappa shape index (κ3) is 4.53. The van der Waals surface area contributed by atoms with Gasteiger partial charge in [-0.3, -0.25) is 4.90 Å². The molecule has 0 aromatic heterocycles. The molecule has 3 heteroatoms. The minimum atomic E-state index is 0.108. The summed E-state index contributed by atoms with van der Waals surface area (Å²) in [6.07, 6.45) is 1.24. The molecule has 0 amide bonds. The van der Waals surface area contributed by atoms with Crippen molar-refractivity contribution in [1.82, 2.24) is 9.80 Å². The van der Waals surface area contributed by atoms with Crippen LogP contribution in [0.2, 0.25) is 0 Å². The van der Waals surface area contributed by atoms with Crippen LogP contribution in [0.25, 0.3) is 0 Å². The number of nitrogens with two attached hydrogens (primary N) is 1. The van der Waals surface area contributed by atoms with E-state index in [1.54, 1.807) is 0 Å². The average Bonchev–Trinajstić information content (AvgIpc) is 2.60. The van der Waals surface area contributed by atoms with Crippen LogP contribution < -0.4 is 5.73 Å². The van der Waals surface area contributed by atoms with Gasteiger partial charge in [-0.1, -0.05) is 38.1 Å². The second-order valence-corrected chi connectivity index (χ2v) is 6.89. The largest absolute Gasteiger partial charge is 0.323 e. The first-order chi connectivity index (χ1) is 9.97. The normalized spacial score (nSPS) is 23.2. The third-order valence-corrected chi connectivity index (χ3v) is 4.65. The predicted molar refractivity (Wildman–Crippen MR) is 90.6 cm³/mol. The number of rotatable bonds is 4. The SMILES string of the molecule is CC(C)c1ccc(C(N)CN2CCCN(C)CC2C)cc1. The highest BCUT2D eigenvalue weighted by Gasteiger charge is 2.21. The minimum absolute atomic E-state index is 0.108. The fourth-order valence-electron chi connectivity index (χ4n) is 3.18. The smallest absolute Gasteiger partial charge is 0.0424 e. The number of hydrogen-bond donors (Lipinski definition) is 1. The topological polar surface area (TPSA) is 32.5 Å². The van der Waals surface area contributed by atoms with E-state index < -0.39 is 0 Å². The summed E-state index contributed by atoms with van der Waals surface area (Å²) in [5, 5.41) is 0. The van der Waals surface area contributed by atoms with Gasteiger partial charge in [-0.2, -0.15) is 0 Å². The van der Waals surface area contributed by atoms with E-state index in [1.165, 1.54) is 24.1 Å². The molecule has 1 saturated heterocycles. The van der Waals surface area contributed by atoms with Crippen LogP contribution >= 0.6 is 0 Å². The Balaban J connectivity index is 1.98. The number of hydrogen-bond acceptors (Lipinski definition) is 3. The Kier molecular flexibility index (Phi) is 5.80. The van der Waals surface area contributed by atoms with E-state index in [0.717, 1.165) is 19.6 Å². The van der Waals surface area contributed by atoms with Crippen molar-refractivity contribution in [2.45, 2.75) is 45.2 Å². The van der Waals surface area contributed by atoms with Crippen LogP contribution in [0.5, 0.6) is 0 Å². The maximum absolute atomic E-state index is 6.44. The summed E-state index contributed by atoms with van der Waals surface area (Å²) in [5.74, 6) is 0.580. The Bertz CT molecular complexity index is 427. The highest BCUT2D eigenvalue weighted by Crippen LogP contribution is 2.19. The van der Waals surface area contributed by atoms with E-state index in [9.17, 15) is 0 Å². The first-order valence-electron chi connectivity index (χ1n) is 8.25. The molecule has 2 atom stereocenters. The Morgan fingerprint density at radius 2 is 1.76 bits per heavy atom. The summed E-state index contributed by atoms with van der Waals surface area (Å²) in [4.78, 5) is 4.97. The van der Waals surface area contributed by atoms with Crippen LogP contribution in [0.3, 0.4) is 0 Å². The van der Waals surface area contributed by atoms with Crippen molar-refractivity contribution in [3.63, 3.8) is 0 Å². The second-order valence-electron chi connectivity index (χ2n) is 6.89. The fourth-order valence-corrected chi connectivity index (χ4v) is 3.18. The van der Waals surface area contributed by atoms with Gasteiger partial charge in [0.2, 0.25) is 0 Å². The molecule has 1 aliphatic heterocycles. The first kappa shape index (κ1) is 16.5. The zero-order valence-electron chi connectivity index (χ0n) is 14.0. The van der Waals surface area contributed by atoms with Gasteiger partial charge in [-0.25, -0.2) is 0 Å². The van der Waals surface area contributed by atoms with Gasteiger partial charge in [-0.05, 0) is 50.5 Å². The Morgan fingerprint density at radius 3 is 2.38 bits per heavy atom. The molecule has 2 unspecified atom stereocenters. The van der Waals surface area contributed by atoms with Gasteiger partial charge < -0.3 is 10.6 Å². The van der Waals surface area contributed by atoms with E-state index in [2.05, 4.69) is 61.9 Å². The Hall–Kier alpha value is -0.900. The van der Waals surface area contributed by atoms with E-state index >= 15 is 0 Å². The molecule has 0 saturated carbocycles. The molecule has 1 heterocycles. The third-order valence-electron chi connectivity index (χ3n) is 4.65. The van der Waals surface area contributed by atoms with Crippen molar-refractivity contribution < 1.29 is 0 Å². The van der Waals surface area contributed by atoms with Crippen molar-refractivity contribution >= 4 is 0 Å². The zero-order valence-corrected chi connectivity index (χ0v) is 14.0. The fraction of sp³-hybridized carbons (Fsp3) is 0.667. The monoisotopic (exact) mass is 289 g/mol. The van der Waals surface area contributed by atoms with Crippen LogP contribution in [0, 0.1) is 0 Å². The van der Waals surface area contributed by atoms with E-state index in [0.29, 0.717) is 12.0 Å². The summed E-state index contributed by atoms with van der Waals surface area (Å²) in [6, 6.07) is 9.54. The van der Waals surface area contributed by atoms with Crippen molar-refractivity contribution in [3.8, 4) is 0 Å². The van der Waals surface area contributed by atoms with Crippen molar-refractivity contribution in [2.24, 2.45) is 5.73 Å². The van der Waals surface area contributed by atoms with Gasteiger partial charge in [0.25, 0.3) is 0 Å². The molecule has 21 heavy (non-hydrogen) atoms. The van der Waals surface area contributed by atoms with E-state index in [1.807, 2.05) is 0 Å². The number of likely N-dealkylation sites (N-methyl/N-ethyl adjacent to an activating group) is 1. The summed E-state index contributed by atoms with van der Waals surface area (Å²) in [6.45, 7) is 11.2. The molecular weight excluding hydrogens is 258 g/mol. The second kappa shape index (κ2) is 7.39. The summed E-state index contributed by atoms with van der Waals surface area (Å²) in [5.41, 5.74) is 9.08. The van der Waals surface area contributed by atoms with Gasteiger partial charge >= 0.3 is 0 Å². The maximum Gasteiger partial charge on any atom is 0.0424 e. The van der Waals surface area contributed by atoms with Crippen molar-refractivity contribution in [3.05, 3.63) is 35.4 Å². The van der Waals surface area contributed by atoms with E-state index in [4.69, 9.17) is 5.73 Å². The molecule has 1 aliphatic rings. The van der Waals surface area contributed by atoms with Gasteiger partial charge in [0.05, 0.1) is 0 Å². The summed E-state index contributed by atoms with van der Waals surface area (Å²) >= 11 is 0. The van der Waals surface area contributed by atoms with Gasteiger partial charge in [0.1, 0.15) is 0 Å². The molecule has 0 bridgehead atoms. The molecule has 2 N–H and O–H groups in total. The van der Waals surface area contributed by atoms with Crippen LogP contribution in [0.4, 0.5) is 0 Å². The highest BCUT2D eigenvalue weighted by atomic mass is 15.2. The maximum atomic E-state index is 6.44. The lowest BCUT2D eigenvalue weighted by molar-refractivity contribution is 0.192. The molecule has 2 rings (SSSR count). The molecule has 1 aromatic rings. The molecular formula is C18H31N3. The van der Waals surface area contributed by atoms with Gasteiger partial charge in [-0.15, -0.1) is 0 Å². The molecule has 118 valence electrons. The van der Waals surface area contributed by atoms with Crippen LogP contribution in [0.1, 0.15) is 50.3 Å². The average molecular weight is 289 g/mol. The van der Waals surface area contributed by atoms with Crippen LogP contribution in [0.15, 0.2) is 24.3 Å². The number of benzene rings is 1. The van der Waals surface area contributed by atoms with Crippen LogP contribution in [-0.2, 0) is 0 Å². The predicted octanol–water partition coefficient (Wildman–Crippen LogP) is 2.84. The molecule has 1 fully saturated rings. The quantitative estimate of drug-likeness (QED) is 0.925.